The van der Waals surface area contributed by atoms with Gasteiger partial charge >= 0.3 is 0 Å². The fraction of sp³-hybridized carbons (Fsp3) is 0.400. The zero-order valence-corrected chi connectivity index (χ0v) is 16.2. The van der Waals surface area contributed by atoms with Crippen molar-refractivity contribution in [3.63, 3.8) is 0 Å². The van der Waals surface area contributed by atoms with Crippen LogP contribution in [-0.4, -0.2) is 19.3 Å². The molecule has 0 aliphatic carbocycles. The molecular formula is C20H27BrN2. The molecule has 0 saturated carbocycles. The standard InChI is InChI=1S/C20H27BrN2/c1-6-13-23-19-11-10-17(21)14-18(19)16(4)20(23,22-5)12-8-7-9-15(2)3/h7-12,14,16,22H,2,6,13H2,1,3-5H3/b9-7+,12-8+. The van der Waals surface area contributed by atoms with Gasteiger partial charge in [-0.2, -0.15) is 0 Å². The summed E-state index contributed by atoms with van der Waals surface area (Å²) in [6.07, 6.45) is 9.62. The molecule has 2 atom stereocenters. The number of nitrogens with zero attached hydrogens (tertiary/aromatic N) is 1. The smallest absolute Gasteiger partial charge is 0.117 e. The fourth-order valence-electron chi connectivity index (χ4n) is 3.41. The summed E-state index contributed by atoms with van der Waals surface area (Å²) in [5, 5.41) is 3.58. The van der Waals surface area contributed by atoms with Crippen LogP contribution in [0.2, 0.25) is 0 Å². The van der Waals surface area contributed by atoms with Gasteiger partial charge in [-0.15, -0.1) is 0 Å². The van der Waals surface area contributed by atoms with E-state index in [-0.39, 0.29) is 5.66 Å². The Morgan fingerprint density at radius 1 is 1.43 bits per heavy atom. The Labute approximate surface area is 149 Å². The van der Waals surface area contributed by atoms with Crippen molar-refractivity contribution in [2.24, 2.45) is 0 Å². The maximum atomic E-state index is 3.91. The largest absolute Gasteiger partial charge is 0.349 e. The lowest BCUT2D eigenvalue weighted by Gasteiger charge is -2.40. The van der Waals surface area contributed by atoms with E-state index in [4.69, 9.17) is 0 Å². The summed E-state index contributed by atoms with van der Waals surface area (Å²) in [4.78, 5) is 2.49. The van der Waals surface area contributed by atoms with Crippen molar-refractivity contribution in [2.75, 3.05) is 18.5 Å². The number of nitrogens with one attached hydrogen (secondary N) is 1. The molecule has 0 amide bonds. The maximum Gasteiger partial charge on any atom is 0.117 e. The molecule has 23 heavy (non-hydrogen) atoms. The molecule has 1 aromatic carbocycles. The lowest BCUT2D eigenvalue weighted by atomic mass is 9.90. The second-order valence-corrected chi connectivity index (χ2v) is 7.13. The minimum Gasteiger partial charge on any atom is -0.349 e. The molecule has 1 N–H and O–H groups in total. The normalized spacial score (nSPS) is 23.9. The Hall–Kier alpha value is -1.32. The van der Waals surface area contributed by atoms with Crippen LogP contribution in [0.15, 0.2) is 59.1 Å². The predicted molar refractivity (Wildman–Crippen MR) is 105 cm³/mol. The molecule has 2 unspecified atom stereocenters. The van der Waals surface area contributed by atoms with Crippen molar-refractivity contribution >= 4 is 21.6 Å². The third-order valence-corrected chi connectivity index (χ3v) is 5.04. The van der Waals surface area contributed by atoms with Crippen LogP contribution < -0.4 is 10.2 Å². The van der Waals surface area contributed by atoms with Gasteiger partial charge < -0.3 is 4.90 Å². The van der Waals surface area contributed by atoms with Crippen molar-refractivity contribution in [1.82, 2.24) is 5.32 Å². The van der Waals surface area contributed by atoms with Gasteiger partial charge in [0.1, 0.15) is 5.66 Å². The Kier molecular flexibility index (Phi) is 5.88. The summed E-state index contributed by atoms with van der Waals surface area (Å²) in [5.41, 5.74) is 3.57. The molecule has 0 spiro atoms. The van der Waals surface area contributed by atoms with E-state index in [0.29, 0.717) is 5.92 Å². The number of allylic oxidation sites excluding steroid dienone is 4. The van der Waals surface area contributed by atoms with E-state index in [2.05, 4.69) is 83.0 Å². The number of hydrogen-bond donors (Lipinski definition) is 1. The molecule has 2 nitrogen and oxygen atoms in total. The van der Waals surface area contributed by atoms with Crippen LogP contribution in [0.1, 0.15) is 38.7 Å². The molecule has 1 aliphatic heterocycles. The highest BCUT2D eigenvalue weighted by Crippen LogP contribution is 2.47. The second kappa shape index (κ2) is 7.50. The van der Waals surface area contributed by atoms with Crippen LogP contribution in [0.4, 0.5) is 5.69 Å². The van der Waals surface area contributed by atoms with E-state index < -0.39 is 0 Å². The third-order valence-electron chi connectivity index (χ3n) is 4.54. The summed E-state index contributed by atoms with van der Waals surface area (Å²) < 4.78 is 1.14. The Morgan fingerprint density at radius 2 is 2.17 bits per heavy atom. The first kappa shape index (κ1) is 18.0. The molecule has 2 rings (SSSR count). The van der Waals surface area contributed by atoms with Crippen molar-refractivity contribution in [2.45, 2.75) is 38.8 Å². The lowest BCUT2D eigenvalue weighted by molar-refractivity contribution is 0.377. The average molecular weight is 375 g/mol. The van der Waals surface area contributed by atoms with Crippen LogP contribution in [-0.2, 0) is 0 Å². The number of benzene rings is 1. The maximum absolute atomic E-state index is 3.91. The highest BCUT2D eigenvalue weighted by atomic mass is 79.9. The molecule has 0 fully saturated rings. The van der Waals surface area contributed by atoms with Crippen molar-refractivity contribution in [3.05, 3.63) is 64.7 Å². The number of anilines is 1. The Bertz CT molecular complexity index is 633. The fourth-order valence-corrected chi connectivity index (χ4v) is 3.79. The Balaban J connectivity index is 2.46. The molecule has 1 aromatic rings. The van der Waals surface area contributed by atoms with Crippen LogP contribution in [0.25, 0.3) is 0 Å². The van der Waals surface area contributed by atoms with E-state index >= 15 is 0 Å². The van der Waals surface area contributed by atoms with E-state index in [9.17, 15) is 0 Å². The highest BCUT2D eigenvalue weighted by Gasteiger charge is 2.46. The number of fused-ring (bicyclic) bond motifs is 1. The Morgan fingerprint density at radius 3 is 2.78 bits per heavy atom. The average Bonchev–Trinajstić information content (AvgIpc) is 2.74. The predicted octanol–water partition coefficient (Wildman–Crippen LogP) is 5.39. The van der Waals surface area contributed by atoms with Crippen molar-refractivity contribution in [3.8, 4) is 0 Å². The molecule has 124 valence electrons. The number of likely N-dealkylation sites (N-methyl/N-ethyl adjacent to an activating group) is 1. The summed E-state index contributed by atoms with van der Waals surface area (Å²) in [6, 6.07) is 6.60. The monoisotopic (exact) mass is 374 g/mol. The van der Waals surface area contributed by atoms with Crippen LogP contribution in [0.3, 0.4) is 0 Å². The third kappa shape index (κ3) is 3.46. The van der Waals surface area contributed by atoms with E-state index in [1.807, 2.05) is 20.0 Å². The summed E-state index contributed by atoms with van der Waals surface area (Å²) >= 11 is 3.61. The van der Waals surface area contributed by atoms with Gasteiger partial charge in [0.25, 0.3) is 0 Å². The topological polar surface area (TPSA) is 15.3 Å². The molecule has 0 bridgehead atoms. The van der Waals surface area contributed by atoms with Gasteiger partial charge in [0.05, 0.1) is 0 Å². The highest BCUT2D eigenvalue weighted by molar-refractivity contribution is 9.10. The van der Waals surface area contributed by atoms with Gasteiger partial charge in [-0.1, -0.05) is 60.2 Å². The first-order chi connectivity index (χ1) is 11.0. The van der Waals surface area contributed by atoms with Gasteiger partial charge in [0, 0.05) is 22.6 Å². The quantitative estimate of drug-likeness (QED) is 0.671. The minimum absolute atomic E-state index is 0.196. The van der Waals surface area contributed by atoms with Crippen molar-refractivity contribution in [1.29, 1.82) is 0 Å². The zero-order valence-electron chi connectivity index (χ0n) is 14.6. The van der Waals surface area contributed by atoms with E-state index in [1.54, 1.807) is 0 Å². The van der Waals surface area contributed by atoms with Crippen LogP contribution in [0.5, 0.6) is 0 Å². The van der Waals surface area contributed by atoms with Crippen molar-refractivity contribution < 1.29 is 0 Å². The first-order valence-corrected chi connectivity index (χ1v) is 9.03. The van der Waals surface area contributed by atoms with Gasteiger partial charge in [-0.3, -0.25) is 5.32 Å². The molecule has 3 heteroatoms. The summed E-state index contributed by atoms with van der Waals surface area (Å²) in [7, 11) is 2.05. The SMILES string of the molecule is C=C(C)/C=C/C=C/C1(NC)C(C)c2cc(Br)ccc2N1CCC. The number of hydrogen-bond acceptors (Lipinski definition) is 2. The number of rotatable bonds is 6. The second-order valence-electron chi connectivity index (χ2n) is 6.22. The molecular weight excluding hydrogens is 348 g/mol. The number of halogens is 1. The summed E-state index contributed by atoms with van der Waals surface area (Å²) in [5.74, 6) is 0.362. The minimum atomic E-state index is -0.196. The van der Waals surface area contributed by atoms with E-state index in [0.717, 1.165) is 23.0 Å². The molecule has 1 aliphatic rings. The molecule has 1 heterocycles. The molecule has 0 radical (unpaired) electrons. The molecule has 0 saturated heterocycles. The summed E-state index contributed by atoms with van der Waals surface area (Å²) in [6.45, 7) is 11.5. The first-order valence-electron chi connectivity index (χ1n) is 8.23. The van der Waals surface area contributed by atoms with E-state index in [1.165, 1.54) is 11.3 Å². The van der Waals surface area contributed by atoms with Gasteiger partial charge in [0.2, 0.25) is 0 Å². The van der Waals surface area contributed by atoms with Gasteiger partial charge in [0.15, 0.2) is 0 Å². The van der Waals surface area contributed by atoms with Crippen LogP contribution in [0, 0.1) is 0 Å². The van der Waals surface area contributed by atoms with Crippen LogP contribution >= 0.6 is 15.9 Å². The van der Waals surface area contributed by atoms with Gasteiger partial charge in [-0.25, -0.2) is 0 Å². The zero-order chi connectivity index (χ0) is 17.0. The van der Waals surface area contributed by atoms with Gasteiger partial charge in [-0.05, 0) is 50.2 Å². The lowest BCUT2D eigenvalue weighted by Crippen LogP contribution is -2.56. The molecule has 0 aromatic heterocycles.